The highest BCUT2D eigenvalue weighted by molar-refractivity contribution is 7.89. The van der Waals surface area contributed by atoms with E-state index in [1.54, 1.807) is 7.11 Å². The summed E-state index contributed by atoms with van der Waals surface area (Å²) in [6.45, 7) is 4.48. The Labute approximate surface area is 147 Å². The van der Waals surface area contributed by atoms with Crippen LogP contribution in [-0.2, 0) is 19.6 Å². The highest BCUT2D eigenvalue weighted by Gasteiger charge is 2.34. The Bertz CT molecular complexity index is 673. The monoisotopic (exact) mass is 374 g/mol. The summed E-state index contributed by atoms with van der Waals surface area (Å²) in [5.41, 5.74) is 0. The van der Waals surface area contributed by atoms with E-state index < -0.39 is 15.8 Å². The van der Waals surface area contributed by atoms with E-state index in [4.69, 9.17) is 4.74 Å². The number of nitrogens with zero attached hydrogens (tertiary/aromatic N) is 1. The molecule has 0 aromatic heterocycles. The molecule has 7 nitrogen and oxygen atoms in total. The molecule has 0 aliphatic carbocycles. The van der Waals surface area contributed by atoms with E-state index in [1.807, 2.05) is 6.92 Å². The molecule has 9 heteroatoms. The number of carbonyl (C=O) groups is 1. The number of quaternary nitrogens is 1. The van der Waals surface area contributed by atoms with Crippen LogP contribution in [0.15, 0.2) is 29.2 Å². The minimum absolute atomic E-state index is 0.0677. The number of amides is 1. The number of hydrogen-bond donors (Lipinski definition) is 2. The SMILES string of the molecule is COCCNC(=O)[C@H](C)[NH+]1CCN(S(=O)(=O)c2ccc(F)cc2)CC1. The smallest absolute Gasteiger partial charge is 0.278 e. The van der Waals surface area contributed by atoms with Crippen molar-refractivity contribution >= 4 is 15.9 Å². The summed E-state index contributed by atoms with van der Waals surface area (Å²) in [4.78, 5) is 13.2. The Kier molecular flexibility index (Phi) is 6.88. The summed E-state index contributed by atoms with van der Waals surface area (Å²) in [6, 6.07) is 4.57. The van der Waals surface area contributed by atoms with Gasteiger partial charge >= 0.3 is 0 Å². The number of methoxy groups -OCH3 is 1. The molecule has 1 saturated heterocycles. The van der Waals surface area contributed by atoms with Crippen LogP contribution in [0.4, 0.5) is 4.39 Å². The second-order valence-electron chi connectivity index (χ2n) is 6.02. The van der Waals surface area contributed by atoms with Crippen LogP contribution in [-0.4, -0.2) is 71.1 Å². The van der Waals surface area contributed by atoms with Gasteiger partial charge in [0.1, 0.15) is 5.82 Å². The Morgan fingerprint density at radius 1 is 1.32 bits per heavy atom. The fourth-order valence-electron chi connectivity index (χ4n) is 2.82. The molecule has 2 N–H and O–H groups in total. The average Bonchev–Trinajstić information content (AvgIpc) is 2.61. The fraction of sp³-hybridized carbons (Fsp3) is 0.562. The first-order valence-corrected chi connectivity index (χ1v) is 9.67. The molecule has 1 amide bonds. The lowest BCUT2D eigenvalue weighted by molar-refractivity contribution is -0.917. The number of carbonyl (C=O) groups excluding carboxylic acids is 1. The molecular formula is C16H25FN3O4S+. The van der Waals surface area contributed by atoms with Crippen molar-refractivity contribution in [3.8, 4) is 0 Å². The van der Waals surface area contributed by atoms with Gasteiger partial charge in [-0.3, -0.25) is 4.79 Å². The summed E-state index contributed by atoms with van der Waals surface area (Å²) in [5, 5.41) is 2.80. The molecule has 140 valence electrons. The third kappa shape index (κ3) is 4.97. The third-order valence-electron chi connectivity index (χ3n) is 4.43. The molecular weight excluding hydrogens is 349 g/mol. The molecule has 2 rings (SSSR count). The normalized spacial score (nSPS) is 18.0. The first kappa shape index (κ1) is 19.8. The van der Waals surface area contributed by atoms with Crippen LogP contribution >= 0.6 is 0 Å². The van der Waals surface area contributed by atoms with Crippen molar-refractivity contribution in [1.82, 2.24) is 9.62 Å². The van der Waals surface area contributed by atoms with Gasteiger partial charge in [-0.15, -0.1) is 0 Å². The molecule has 1 fully saturated rings. The van der Waals surface area contributed by atoms with E-state index in [2.05, 4.69) is 5.32 Å². The summed E-state index contributed by atoms with van der Waals surface area (Å²) in [7, 11) is -2.06. The third-order valence-corrected chi connectivity index (χ3v) is 6.34. The zero-order valence-corrected chi connectivity index (χ0v) is 15.3. The lowest BCUT2D eigenvalue weighted by atomic mass is 10.2. The predicted octanol–water partition coefficient (Wildman–Crippen LogP) is -1.13. The molecule has 0 spiro atoms. The molecule has 1 aromatic rings. The van der Waals surface area contributed by atoms with E-state index in [-0.39, 0.29) is 16.8 Å². The summed E-state index contributed by atoms with van der Waals surface area (Å²) >= 11 is 0. The van der Waals surface area contributed by atoms with Gasteiger partial charge in [-0.2, -0.15) is 4.31 Å². The van der Waals surface area contributed by atoms with Gasteiger partial charge in [-0.05, 0) is 31.2 Å². The second kappa shape index (κ2) is 8.70. The van der Waals surface area contributed by atoms with Gasteiger partial charge in [0.15, 0.2) is 6.04 Å². The Balaban J connectivity index is 1.92. The van der Waals surface area contributed by atoms with E-state index >= 15 is 0 Å². The summed E-state index contributed by atoms with van der Waals surface area (Å²) < 4.78 is 44.4. The lowest BCUT2D eigenvalue weighted by Crippen LogP contribution is -3.19. The first-order chi connectivity index (χ1) is 11.9. The number of ether oxygens (including phenoxy) is 1. The van der Waals surface area contributed by atoms with Gasteiger partial charge in [-0.1, -0.05) is 0 Å². The van der Waals surface area contributed by atoms with Crippen LogP contribution in [0.5, 0.6) is 0 Å². The van der Waals surface area contributed by atoms with Gasteiger partial charge in [0.05, 0.1) is 37.7 Å². The molecule has 1 aliphatic heterocycles. The first-order valence-electron chi connectivity index (χ1n) is 8.23. The maximum atomic E-state index is 13.0. The maximum Gasteiger partial charge on any atom is 0.278 e. The Morgan fingerprint density at radius 3 is 2.48 bits per heavy atom. The molecule has 0 bridgehead atoms. The van der Waals surface area contributed by atoms with E-state index in [9.17, 15) is 17.6 Å². The Morgan fingerprint density at radius 2 is 1.92 bits per heavy atom. The van der Waals surface area contributed by atoms with Gasteiger partial charge in [0.25, 0.3) is 5.91 Å². The van der Waals surface area contributed by atoms with Crippen molar-refractivity contribution in [2.45, 2.75) is 17.9 Å². The van der Waals surface area contributed by atoms with Gasteiger partial charge < -0.3 is 15.0 Å². The van der Waals surface area contributed by atoms with Crippen LogP contribution in [0, 0.1) is 5.82 Å². The number of sulfonamides is 1. The second-order valence-corrected chi connectivity index (χ2v) is 7.96. The number of piperazine rings is 1. The minimum atomic E-state index is -3.63. The standard InChI is InChI=1S/C16H24FN3O4S/c1-13(16(21)18-7-12-24-2)19-8-10-20(11-9-19)25(22,23)15-5-3-14(17)4-6-15/h3-6,13H,7-12H2,1-2H3,(H,18,21)/p+1/t13-/m0/s1. The maximum absolute atomic E-state index is 13.0. The number of hydrogen-bond acceptors (Lipinski definition) is 4. The predicted molar refractivity (Wildman–Crippen MR) is 90.2 cm³/mol. The number of benzene rings is 1. The zero-order valence-electron chi connectivity index (χ0n) is 14.5. The van der Waals surface area contributed by atoms with Crippen molar-refractivity contribution in [2.75, 3.05) is 46.4 Å². The van der Waals surface area contributed by atoms with Crippen LogP contribution in [0.25, 0.3) is 0 Å². The van der Waals surface area contributed by atoms with Crippen molar-refractivity contribution in [1.29, 1.82) is 0 Å². The van der Waals surface area contributed by atoms with Crippen LogP contribution in [0.2, 0.25) is 0 Å². The van der Waals surface area contributed by atoms with Crippen molar-refractivity contribution in [2.24, 2.45) is 0 Å². The quantitative estimate of drug-likeness (QED) is 0.592. The number of rotatable bonds is 7. The molecule has 0 radical (unpaired) electrons. The van der Waals surface area contributed by atoms with E-state index in [1.165, 1.54) is 16.4 Å². The molecule has 0 unspecified atom stereocenters. The van der Waals surface area contributed by atoms with Crippen molar-refractivity contribution < 1.29 is 27.2 Å². The van der Waals surface area contributed by atoms with Crippen molar-refractivity contribution in [3.63, 3.8) is 0 Å². The lowest BCUT2D eigenvalue weighted by Gasteiger charge is -2.34. The number of nitrogens with one attached hydrogen (secondary N) is 2. The van der Waals surface area contributed by atoms with Crippen LogP contribution < -0.4 is 10.2 Å². The summed E-state index contributed by atoms with van der Waals surface area (Å²) in [6.07, 6.45) is 0. The van der Waals surface area contributed by atoms with Crippen LogP contribution in [0.1, 0.15) is 6.92 Å². The molecule has 1 atom stereocenters. The molecule has 1 aromatic carbocycles. The molecule has 1 heterocycles. The fourth-order valence-corrected chi connectivity index (χ4v) is 4.26. The largest absolute Gasteiger partial charge is 0.383 e. The zero-order chi connectivity index (χ0) is 18.4. The van der Waals surface area contributed by atoms with Gasteiger partial charge in [0, 0.05) is 13.7 Å². The van der Waals surface area contributed by atoms with E-state index in [0.29, 0.717) is 39.3 Å². The van der Waals surface area contributed by atoms with Gasteiger partial charge in [-0.25, -0.2) is 12.8 Å². The minimum Gasteiger partial charge on any atom is -0.383 e. The number of halogens is 1. The van der Waals surface area contributed by atoms with Crippen LogP contribution in [0.3, 0.4) is 0 Å². The topological polar surface area (TPSA) is 80.2 Å². The van der Waals surface area contributed by atoms with Gasteiger partial charge in [0.2, 0.25) is 10.0 Å². The highest BCUT2D eigenvalue weighted by atomic mass is 32.2. The molecule has 25 heavy (non-hydrogen) atoms. The molecule has 0 saturated carbocycles. The van der Waals surface area contributed by atoms with E-state index in [0.717, 1.165) is 17.0 Å². The highest BCUT2D eigenvalue weighted by Crippen LogP contribution is 2.16. The molecule has 1 aliphatic rings. The summed E-state index contributed by atoms with van der Waals surface area (Å²) in [5.74, 6) is -0.539. The Hall–Kier alpha value is -1.55. The van der Waals surface area contributed by atoms with Crippen molar-refractivity contribution in [3.05, 3.63) is 30.1 Å². The average molecular weight is 374 g/mol.